The zero-order chi connectivity index (χ0) is 12.4. The van der Waals surface area contributed by atoms with E-state index in [4.69, 9.17) is 10.1 Å². The number of rotatable bonds is 6. The zero-order valence-electron chi connectivity index (χ0n) is 10.4. The van der Waals surface area contributed by atoms with E-state index in [1.54, 1.807) is 11.3 Å². The largest absolute Gasteiger partial charge is 0.481 e. The Morgan fingerprint density at radius 1 is 1.53 bits per heavy atom. The Morgan fingerprint density at radius 3 is 2.76 bits per heavy atom. The first-order valence-corrected chi connectivity index (χ1v) is 7.08. The van der Waals surface area contributed by atoms with E-state index in [-0.39, 0.29) is 6.42 Å². The summed E-state index contributed by atoms with van der Waals surface area (Å²) in [7, 11) is 0. The number of nitrogens with zero attached hydrogens (tertiary/aromatic N) is 1. The van der Waals surface area contributed by atoms with Crippen molar-refractivity contribution in [2.75, 3.05) is 0 Å². The average Bonchev–Trinajstić information content (AvgIpc) is 2.98. The van der Waals surface area contributed by atoms with Crippen LogP contribution in [-0.2, 0) is 17.6 Å². The lowest BCUT2D eigenvalue weighted by Crippen LogP contribution is -1.98. The maximum atomic E-state index is 10.6. The van der Waals surface area contributed by atoms with Crippen molar-refractivity contribution in [2.45, 2.75) is 51.9 Å². The van der Waals surface area contributed by atoms with Gasteiger partial charge in [-0.05, 0) is 25.2 Å². The van der Waals surface area contributed by atoms with Crippen molar-refractivity contribution in [1.82, 2.24) is 4.98 Å². The van der Waals surface area contributed by atoms with Gasteiger partial charge in [0.15, 0.2) is 0 Å². The van der Waals surface area contributed by atoms with E-state index < -0.39 is 5.97 Å². The molecule has 0 bridgehead atoms. The molecule has 1 aromatic heterocycles. The topological polar surface area (TPSA) is 50.2 Å². The number of carboxylic acids is 1. The van der Waals surface area contributed by atoms with E-state index in [1.807, 2.05) is 0 Å². The third-order valence-electron chi connectivity index (χ3n) is 2.88. The van der Waals surface area contributed by atoms with Crippen molar-refractivity contribution < 1.29 is 9.90 Å². The predicted molar refractivity (Wildman–Crippen MR) is 68.6 cm³/mol. The fraction of sp³-hybridized carbons (Fsp3) is 0.692. The van der Waals surface area contributed by atoms with Crippen LogP contribution in [0.25, 0.3) is 0 Å². The highest BCUT2D eigenvalue weighted by Gasteiger charge is 2.29. The molecule has 2 rings (SSSR count). The Balaban J connectivity index is 2.10. The summed E-state index contributed by atoms with van der Waals surface area (Å²) in [6, 6.07) is 0. The Bertz CT molecular complexity index is 408. The molecule has 3 nitrogen and oxygen atoms in total. The van der Waals surface area contributed by atoms with Crippen molar-refractivity contribution >= 4 is 17.3 Å². The smallest absolute Gasteiger partial charge is 0.303 e. The Labute approximate surface area is 106 Å². The summed E-state index contributed by atoms with van der Waals surface area (Å²) in [6.45, 7) is 4.38. The molecule has 1 fully saturated rings. The van der Waals surface area contributed by atoms with Crippen LogP contribution in [0.1, 0.15) is 54.6 Å². The average molecular weight is 253 g/mol. The first-order chi connectivity index (χ1) is 8.06. The van der Waals surface area contributed by atoms with Gasteiger partial charge in [-0.1, -0.05) is 13.8 Å². The Kier molecular flexibility index (Phi) is 3.82. The van der Waals surface area contributed by atoms with Gasteiger partial charge < -0.3 is 5.11 Å². The summed E-state index contributed by atoms with van der Waals surface area (Å²) < 4.78 is 0. The van der Waals surface area contributed by atoms with Crippen molar-refractivity contribution in [3.05, 3.63) is 15.6 Å². The number of aryl methyl sites for hydroxylation is 1. The van der Waals surface area contributed by atoms with Crippen molar-refractivity contribution in [2.24, 2.45) is 5.92 Å². The van der Waals surface area contributed by atoms with Gasteiger partial charge in [0.25, 0.3) is 0 Å². The second-order valence-electron chi connectivity index (χ2n) is 5.18. The first kappa shape index (κ1) is 12.6. The van der Waals surface area contributed by atoms with E-state index in [9.17, 15) is 4.79 Å². The molecule has 0 saturated heterocycles. The highest BCUT2D eigenvalue weighted by Crippen LogP contribution is 2.43. The molecule has 1 aliphatic rings. The van der Waals surface area contributed by atoms with E-state index in [1.165, 1.54) is 28.4 Å². The Hall–Kier alpha value is -0.900. The fourth-order valence-corrected chi connectivity index (χ4v) is 3.29. The lowest BCUT2D eigenvalue weighted by molar-refractivity contribution is -0.136. The molecule has 4 heteroatoms. The number of hydrogen-bond acceptors (Lipinski definition) is 3. The Morgan fingerprint density at radius 2 is 2.24 bits per heavy atom. The van der Waals surface area contributed by atoms with Crippen molar-refractivity contribution in [3.8, 4) is 0 Å². The van der Waals surface area contributed by atoms with Gasteiger partial charge in [-0.2, -0.15) is 0 Å². The summed E-state index contributed by atoms with van der Waals surface area (Å²) in [5.41, 5.74) is 1.20. The number of hydrogen-bond donors (Lipinski definition) is 1. The van der Waals surface area contributed by atoms with Crippen LogP contribution < -0.4 is 0 Å². The van der Waals surface area contributed by atoms with Crippen LogP contribution in [0.3, 0.4) is 0 Å². The van der Waals surface area contributed by atoms with Crippen LogP contribution >= 0.6 is 11.3 Å². The molecule has 1 N–H and O–H groups in total. The molecule has 1 heterocycles. The summed E-state index contributed by atoms with van der Waals surface area (Å²) >= 11 is 1.72. The molecule has 1 aromatic rings. The molecule has 1 aliphatic carbocycles. The van der Waals surface area contributed by atoms with E-state index in [0.717, 1.165) is 6.42 Å². The molecule has 0 radical (unpaired) electrons. The van der Waals surface area contributed by atoms with Gasteiger partial charge in [0, 0.05) is 17.2 Å². The van der Waals surface area contributed by atoms with E-state index in [2.05, 4.69) is 13.8 Å². The third kappa shape index (κ3) is 3.53. The second-order valence-corrected chi connectivity index (χ2v) is 6.35. The molecule has 0 aromatic carbocycles. The number of aromatic nitrogens is 1. The monoisotopic (exact) mass is 253 g/mol. The van der Waals surface area contributed by atoms with Crippen LogP contribution in [0.2, 0.25) is 0 Å². The summed E-state index contributed by atoms with van der Waals surface area (Å²) in [5.74, 6) is 0.516. The minimum atomic E-state index is -0.717. The van der Waals surface area contributed by atoms with Crippen LogP contribution in [0, 0.1) is 5.92 Å². The number of carboxylic acid groups (broad SMARTS) is 1. The van der Waals surface area contributed by atoms with Crippen LogP contribution in [0.15, 0.2) is 0 Å². The quantitative estimate of drug-likeness (QED) is 0.846. The van der Waals surface area contributed by atoms with Gasteiger partial charge in [-0.3, -0.25) is 4.79 Å². The zero-order valence-corrected chi connectivity index (χ0v) is 11.2. The summed E-state index contributed by atoms with van der Waals surface area (Å²) in [4.78, 5) is 16.6. The summed E-state index contributed by atoms with van der Waals surface area (Å²) in [6.07, 6.45) is 4.34. The highest BCUT2D eigenvalue weighted by molar-refractivity contribution is 7.11. The standard InChI is InChI=1S/C13H19NO2S/c1-8(2)7-11-14-13(9-3-4-9)10(17-11)5-6-12(15)16/h8-9H,3-7H2,1-2H3,(H,15,16). The van der Waals surface area contributed by atoms with Gasteiger partial charge >= 0.3 is 5.97 Å². The molecule has 0 atom stereocenters. The van der Waals surface area contributed by atoms with Crippen LogP contribution in [0.5, 0.6) is 0 Å². The van der Waals surface area contributed by atoms with Crippen molar-refractivity contribution in [1.29, 1.82) is 0 Å². The molecule has 0 aliphatic heterocycles. The van der Waals surface area contributed by atoms with Gasteiger partial charge in [0.1, 0.15) is 0 Å². The van der Waals surface area contributed by atoms with Crippen LogP contribution in [-0.4, -0.2) is 16.1 Å². The lowest BCUT2D eigenvalue weighted by Gasteiger charge is -1.98. The van der Waals surface area contributed by atoms with E-state index >= 15 is 0 Å². The minimum absolute atomic E-state index is 0.225. The SMILES string of the molecule is CC(C)Cc1nc(C2CC2)c(CCC(=O)O)s1. The fourth-order valence-electron chi connectivity index (χ4n) is 1.93. The first-order valence-electron chi connectivity index (χ1n) is 6.26. The van der Waals surface area contributed by atoms with E-state index in [0.29, 0.717) is 18.3 Å². The molecule has 94 valence electrons. The third-order valence-corrected chi connectivity index (χ3v) is 4.04. The van der Waals surface area contributed by atoms with Gasteiger partial charge in [-0.25, -0.2) is 4.98 Å². The molecular formula is C13H19NO2S. The predicted octanol–water partition coefficient (Wildman–Crippen LogP) is 3.24. The molecule has 17 heavy (non-hydrogen) atoms. The molecule has 1 saturated carbocycles. The maximum Gasteiger partial charge on any atom is 0.303 e. The summed E-state index contributed by atoms with van der Waals surface area (Å²) in [5, 5.41) is 9.94. The van der Waals surface area contributed by atoms with Gasteiger partial charge in [0.05, 0.1) is 17.1 Å². The second kappa shape index (κ2) is 5.17. The minimum Gasteiger partial charge on any atom is -0.481 e. The van der Waals surface area contributed by atoms with Gasteiger partial charge in [-0.15, -0.1) is 11.3 Å². The molecular weight excluding hydrogens is 234 g/mol. The molecule has 0 spiro atoms. The molecule has 0 amide bonds. The number of carbonyl (C=O) groups is 1. The van der Waals surface area contributed by atoms with Crippen LogP contribution in [0.4, 0.5) is 0 Å². The highest BCUT2D eigenvalue weighted by atomic mass is 32.1. The van der Waals surface area contributed by atoms with Gasteiger partial charge in [0.2, 0.25) is 0 Å². The number of thiazole rings is 1. The normalized spacial score (nSPS) is 15.5. The molecule has 0 unspecified atom stereocenters. The van der Waals surface area contributed by atoms with Crippen molar-refractivity contribution in [3.63, 3.8) is 0 Å². The number of aliphatic carboxylic acids is 1. The maximum absolute atomic E-state index is 10.6. The lowest BCUT2D eigenvalue weighted by atomic mass is 10.1.